The Bertz CT molecular complexity index is 384. The molecular formula is C11H13ClFNO2. The molecule has 1 atom stereocenters. The van der Waals surface area contributed by atoms with Gasteiger partial charge in [-0.05, 0) is 24.6 Å². The number of hydrogen-bond acceptors (Lipinski definition) is 3. The zero-order chi connectivity index (χ0) is 12.1. The van der Waals surface area contributed by atoms with Crippen LogP contribution in [0.3, 0.4) is 0 Å². The number of esters is 1. The maximum absolute atomic E-state index is 13.1. The Balaban J connectivity index is 2.69. The van der Waals surface area contributed by atoms with Crippen LogP contribution in [0.1, 0.15) is 24.9 Å². The van der Waals surface area contributed by atoms with Crippen LogP contribution >= 0.6 is 11.6 Å². The van der Waals surface area contributed by atoms with Gasteiger partial charge in [-0.3, -0.25) is 4.79 Å². The highest BCUT2D eigenvalue weighted by Gasteiger charge is 2.13. The van der Waals surface area contributed by atoms with Crippen LogP contribution in [-0.2, 0) is 9.53 Å². The van der Waals surface area contributed by atoms with Gasteiger partial charge in [0.05, 0.1) is 18.1 Å². The Morgan fingerprint density at radius 2 is 2.31 bits per heavy atom. The molecule has 88 valence electrons. The first-order valence-electron chi connectivity index (χ1n) is 4.90. The van der Waals surface area contributed by atoms with Crippen LogP contribution in [0, 0.1) is 5.82 Å². The zero-order valence-electron chi connectivity index (χ0n) is 8.87. The Kier molecular flexibility index (Phi) is 4.71. The molecule has 0 aromatic heterocycles. The van der Waals surface area contributed by atoms with Crippen LogP contribution in [0.15, 0.2) is 18.2 Å². The highest BCUT2D eigenvalue weighted by molar-refractivity contribution is 6.30. The van der Waals surface area contributed by atoms with Crippen LogP contribution in [-0.4, -0.2) is 12.6 Å². The minimum atomic E-state index is -0.578. The van der Waals surface area contributed by atoms with Crippen molar-refractivity contribution >= 4 is 17.6 Å². The molecule has 16 heavy (non-hydrogen) atoms. The number of hydrogen-bond donors (Lipinski definition) is 1. The van der Waals surface area contributed by atoms with E-state index in [0.717, 1.165) is 0 Å². The lowest BCUT2D eigenvalue weighted by atomic mass is 10.0. The Morgan fingerprint density at radius 1 is 1.62 bits per heavy atom. The number of nitrogens with two attached hydrogens (primary N) is 1. The molecule has 0 fully saturated rings. The molecule has 0 heterocycles. The standard InChI is InChI=1S/C11H13ClFNO2/c1-2-16-11(15)6-10(14)7-3-4-8(12)9(13)5-7/h3-5,10H,2,6,14H2,1H3. The fourth-order valence-corrected chi connectivity index (χ4v) is 1.38. The number of ether oxygens (including phenoxy) is 1. The van der Waals surface area contributed by atoms with Crippen LogP contribution in [0.25, 0.3) is 0 Å². The third kappa shape index (κ3) is 3.47. The Morgan fingerprint density at radius 3 is 2.88 bits per heavy atom. The van der Waals surface area contributed by atoms with Crippen molar-refractivity contribution in [2.45, 2.75) is 19.4 Å². The SMILES string of the molecule is CCOC(=O)CC(N)c1ccc(Cl)c(F)c1. The number of benzene rings is 1. The summed E-state index contributed by atoms with van der Waals surface area (Å²) in [6.07, 6.45) is 0.0227. The first-order valence-corrected chi connectivity index (χ1v) is 5.28. The van der Waals surface area contributed by atoms with Gasteiger partial charge in [-0.25, -0.2) is 4.39 Å². The lowest BCUT2D eigenvalue weighted by Gasteiger charge is -2.11. The van der Waals surface area contributed by atoms with Gasteiger partial charge in [0.2, 0.25) is 0 Å². The molecule has 5 heteroatoms. The lowest BCUT2D eigenvalue weighted by Crippen LogP contribution is -2.17. The first kappa shape index (κ1) is 12.9. The quantitative estimate of drug-likeness (QED) is 0.829. The molecule has 1 rings (SSSR count). The summed E-state index contributed by atoms with van der Waals surface area (Å²) >= 11 is 5.53. The average Bonchev–Trinajstić information content (AvgIpc) is 2.22. The highest BCUT2D eigenvalue weighted by Crippen LogP contribution is 2.21. The van der Waals surface area contributed by atoms with Crippen molar-refractivity contribution < 1.29 is 13.9 Å². The molecule has 0 saturated heterocycles. The summed E-state index contributed by atoms with van der Waals surface area (Å²) in [7, 11) is 0. The van der Waals surface area contributed by atoms with E-state index in [1.807, 2.05) is 0 Å². The summed E-state index contributed by atoms with van der Waals surface area (Å²) in [4.78, 5) is 11.2. The minimum absolute atomic E-state index is 0.0227. The predicted octanol–water partition coefficient (Wildman–Crippen LogP) is 2.43. The predicted molar refractivity (Wildman–Crippen MR) is 59.6 cm³/mol. The van der Waals surface area contributed by atoms with Gasteiger partial charge in [0.1, 0.15) is 5.82 Å². The fraction of sp³-hybridized carbons (Fsp3) is 0.364. The van der Waals surface area contributed by atoms with E-state index in [4.69, 9.17) is 22.1 Å². The second kappa shape index (κ2) is 5.82. The molecule has 0 amide bonds. The number of carbonyl (C=O) groups is 1. The maximum Gasteiger partial charge on any atom is 0.307 e. The molecule has 0 aliphatic rings. The maximum atomic E-state index is 13.1. The van der Waals surface area contributed by atoms with Crippen molar-refractivity contribution in [1.29, 1.82) is 0 Å². The minimum Gasteiger partial charge on any atom is -0.466 e. The van der Waals surface area contributed by atoms with Crippen molar-refractivity contribution in [2.24, 2.45) is 5.73 Å². The van der Waals surface area contributed by atoms with Crippen molar-refractivity contribution in [3.8, 4) is 0 Å². The third-order valence-electron chi connectivity index (χ3n) is 2.06. The normalized spacial score (nSPS) is 12.2. The van der Waals surface area contributed by atoms with Crippen molar-refractivity contribution in [3.63, 3.8) is 0 Å². The van der Waals surface area contributed by atoms with Crippen LogP contribution in [0.5, 0.6) is 0 Å². The lowest BCUT2D eigenvalue weighted by molar-refractivity contribution is -0.143. The summed E-state index contributed by atoms with van der Waals surface area (Å²) in [5, 5.41) is 0.0343. The number of halogens is 2. The van der Waals surface area contributed by atoms with Gasteiger partial charge in [-0.1, -0.05) is 17.7 Å². The smallest absolute Gasteiger partial charge is 0.307 e. The summed E-state index contributed by atoms with van der Waals surface area (Å²) in [6, 6.07) is 3.66. The van der Waals surface area contributed by atoms with Gasteiger partial charge in [0, 0.05) is 6.04 Å². The molecule has 0 spiro atoms. The molecule has 0 saturated carbocycles. The summed E-state index contributed by atoms with van der Waals surface area (Å²) < 4.78 is 17.9. The average molecular weight is 246 g/mol. The van der Waals surface area contributed by atoms with Crippen molar-refractivity contribution in [2.75, 3.05) is 6.61 Å². The summed E-state index contributed by atoms with van der Waals surface area (Å²) in [5.41, 5.74) is 6.26. The van der Waals surface area contributed by atoms with Gasteiger partial charge >= 0.3 is 5.97 Å². The molecule has 1 aromatic rings. The van der Waals surface area contributed by atoms with E-state index < -0.39 is 17.8 Å². The van der Waals surface area contributed by atoms with E-state index in [1.165, 1.54) is 12.1 Å². The van der Waals surface area contributed by atoms with E-state index in [2.05, 4.69) is 0 Å². The van der Waals surface area contributed by atoms with Gasteiger partial charge in [-0.15, -0.1) is 0 Å². The third-order valence-corrected chi connectivity index (χ3v) is 2.37. The Labute approximate surface area is 98.3 Å². The van der Waals surface area contributed by atoms with Gasteiger partial charge in [0.15, 0.2) is 0 Å². The number of rotatable bonds is 4. The molecule has 2 N–H and O–H groups in total. The fourth-order valence-electron chi connectivity index (χ4n) is 1.26. The first-order chi connectivity index (χ1) is 7.54. The molecule has 1 aromatic carbocycles. The second-order valence-corrected chi connectivity index (χ2v) is 3.70. The van der Waals surface area contributed by atoms with E-state index in [-0.39, 0.29) is 11.4 Å². The van der Waals surface area contributed by atoms with Crippen LogP contribution in [0.2, 0.25) is 5.02 Å². The second-order valence-electron chi connectivity index (χ2n) is 3.29. The van der Waals surface area contributed by atoms with E-state index in [9.17, 15) is 9.18 Å². The van der Waals surface area contributed by atoms with E-state index in [0.29, 0.717) is 12.2 Å². The van der Waals surface area contributed by atoms with E-state index >= 15 is 0 Å². The molecule has 1 unspecified atom stereocenters. The van der Waals surface area contributed by atoms with E-state index in [1.54, 1.807) is 13.0 Å². The summed E-state index contributed by atoms with van der Waals surface area (Å²) in [5.74, 6) is -0.941. The van der Waals surface area contributed by atoms with Crippen molar-refractivity contribution in [3.05, 3.63) is 34.6 Å². The Hall–Kier alpha value is -1.13. The molecule has 0 bridgehead atoms. The molecular weight excluding hydrogens is 233 g/mol. The van der Waals surface area contributed by atoms with Gasteiger partial charge < -0.3 is 10.5 Å². The van der Waals surface area contributed by atoms with Crippen LogP contribution in [0.4, 0.5) is 4.39 Å². The zero-order valence-corrected chi connectivity index (χ0v) is 9.63. The molecule has 0 aliphatic heterocycles. The van der Waals surface area contributed by atoms with Gasteiger partial charge in [0.25, 0.3) is 0 Å². The molecule has 3 nitrogen and oxygen atoms in total. The highest BCUT2D eigenvalue weighted by atomic mass is 35.5. The van der Waals surface area contributed by atoms with Crippen molar-refractivity contribution in [1.82, 2.24) is 0 Å². The van der Waals surface area contributed by atoms with Gasteiger partial charge in [-0.2, -0.15) is 0 Å². The number of carbonyl (C=O) groups excluding carboxylic acids is 1. The van der Waals surface area contributed by atoms with Crippen LogP contribution < -0.4 is 5.73 Å². The molecule has 0 radical (unpaired) electrons. The topological polar surface area (TPSA) is 52.3 Å². The summed E-state index contributed by atoms with van der Waals surface area (Å²) in [6.45, 7) is 2.02. The monoisotopic (exact) mass is 245 g/mol. The largest absolute Gasteiger partial charge is 0.466 e. The molecule has 0 aliphatic carbocycles.